The molecule has 1 saturated heterocycles. The maximum atomic E-state index is 4.58. The maximum absolute atomic E-state index is 4.58. The fourth-order valence-electron chi connectivity index (χ4n) is 2.41. The van der Waals surface area contributed by atoms with Crippen LogP contribution in [0.5, 0.6) is 0 Å². The summed E-state index contributed by atoms with van der Waals surface area (Å²) in [4.78, 5) is 13.8. The van der Waals surface area contributed by atoms with Gasteiger partial charge in [-0.05, 0) is 6.92 Å². The van der Waals surface area contributed by atoms with Crippen LogP contribution in [0.3, 0.4) is 0 Å². The summed E-state index contributed by atoms with van der Waals surface area (Å²) in [7, 11) is 0. The summed E-state index contributed by atoms with van der Waals surface area (Å²) >= 11 is 3.27. The van der Waals surface area contributed by atoms with Crippen LogP contribution in [0.4, 0.5) is 5.13 Å². The van der Waals surface area contributed by atoms with Crippen molar-refractivity contribution in [3.8, 4) is 0 Å². The maximum Gasteiger partial charge on any atom is 0.205 e. The summed E-state index contributed by atoms with van der Waals surface area (Å²) in [5.74, 6) is 0.962. The fraction of sp³-hybridized carbons (Fsp3) is 0.615. The quantitative estimate of drug-likeness (QED) is 0.868. The van der Waals surface area contributed by atoms with E-state index in [1.165, 1.54) is 16.5 Å². The predicted octanol–water partition coefficient (Wildman–Crippen LogP) is 2.44. The third kappa shape index (κ3) is 2.84. The molecular formula is C13H19N5S2. The molecule has 1 aliphatic rings. The first-order valence-electron chi connectivity index (χ1n) is 6.99. The molecule has 2 aromatic heterocycles. The molecule has 2 aromatic rings. The third-order valence-corrected chi connectivity index (χ3v) is 5.48. The van der Waals surface area contributed by atoms with Crippen molar-refractivity contribution >= 4 is 28.0 Å². The molecule has 7 heteroatoms. The molecule has 108 valence electrons. The van der Waals surface area contributed by atoms with Crippen LogP contribution in [0.25, 0.3) is 0 Å². The van der Waals surface area contributed by atoms with Crippen LogP contribution in [-0.4, -0.2) is 45.4 Å². The zero-order valence-electron chi connectivity index (χ0n) is 11.8. The van der Waals surface area contributed by atoms with Crippen molar-refractivity contribution in [2.75, 3.05) is 31.1 Å². The average Bonchev–Trinajstić information content (AvgIpc) is 3.18. The number of aromatic nitrogens is 3. The van der Waals surface area contributed by atoms with Gasteiger partial charge in [0.2, 0.25) is 5.13 Å². The minimum atomic E-state index is 0.415. The minimum absolute atomic E-state index is 0.415. The van der Waals surface area contributed by atoms with Crippen LogP contribution in [0.2, 0.25) is 0 Å². The molecular weight excluding hydrogens is 290 g/mol. The molecule has 3 rings (SSSR count). The normalized spacial score (nSPS) is 18.4. The van der Waals surface area contributed by atoms with Gasteiger partial charge in [-0.3, -0.25) is 4.90 Å². The Labute approximate surface area is 127 Å². The first kappa shape index (κ1) is 13.9. The molecule has 0 aliphatic carbocycles. The van der Waals surface area contributed by atoms with Gasteiger partial charge < -0.3 is 4.90 Å². The monoisotopic (exact) mass is 309 g/mol. The molecule has 3 heterocycles. The second-order valence-electron chi connectivity index (χ2n) is 4.92. The second-order valence-corrected chi connectivity index (χ2v) is 6.57. The molecule has 0 radical (unpaired) electrons. The van der Waals surface area contributed by atoms with Crippen molar-refractivity contribution in [1.82, 2.24) is 19.2 Å². The van der Waals surface area contributed by atoms with E-state index in [-0.39, 0.29) is 0 Å². The number of hydrogen-bond donors (Lipinski definition) is 0. The van der Waals surface area contributed by atoms with Gasteiger partial charge >= 0.3 is 0 Å². The van der Waals surface area contributed by atoms with Crippen molar-refractivity contribution in [2.45, 2.75) is 26.3 Å². The largest absolute Gasteiger partial charge is 0.344 e. The molecule has 0 saturated carbocycles. The van der Waals surface area contributed by atoms with E-state index in [1.807, 2.05) is 6.20 Å². The van der Waals surface area contributed by atoms with Gasteiger partial charge in [0.1, 0.15) is 10.8 Å². The standard InChI is InChI=1S/C13H19N5S2/c1-3-11-15-13(20-16-11)18-7-5-17(6-8-18)10(2)12-14-4-9-19-12/h4,9-10H,3,5-8H2,1-2H3. The Balaban J connectivity index is 1.59. The average molecular weight is 309 g/mol. The zero-order valence-corrected chi connectivity index (χ0v) is 13.5. The second kappa shape index (κ2) is 6.15. The van der Waals surface area contributed by atoms with Crippen LogP contribution < -0.4 is 4.90 Å². The third-order valence-electron chi connectivity index (χ3n) is 3.71. The van der Waals surface area contributed by atoms with Crippen molar-refractivity contribution in [2.24, 2.45) is 0 Å². The van der Waals surface area contributed by atoms with E-state index in [4.69, 9.17) is 0 Å². The molecule has 0 bridgehead atoms. The van der Waals surface area contributed by atoms with Gasteiger partial charge in [-0.25, -0.2) is 9.97 Å². The number of aryl methyl sites for hydroxylation is 1. The van der Waals surface area contributed by atoms with Gasteiger partial charge in [-0.1, -0.05) is 6.92 Å². The number of piperazine rings is 1. The van der Waals surface area contributed by atoms with Gasteiger partial charge in [0, 0.05) is 55.7 Å². The molecule has 0 aromatic carbocycles. The van der Waals surface area contributed by atoms with Crippen LogP contribution >= 0.6 is 22.9 Å². The summed E-state index contributed by atoms with van der Waals surface area (Å²) in [6.07, 6.45) is 2.80. The molecule has 20 heavy (non-hydrogen) atoms. The van der Waals surface area contributed by atoms with E-state index >= 15 is 0 Å². The van der Waals surface area contributed by atoms with Crippen LogP contribution in [0, 0.1) is 0 Å². The summed E-state index contributed by atoms with van der Waals surface area (Å²) in [5, 5.41) is 4.33. The fourth-order valence-corrected chi connectivity index (χ4v) is 3.94. The van der Waals surface area contributed by atoms with Crippen LogP contribution in [0.15, 0.2) is 11.6 Å². The number of hydrogen-bond acceptors (Lipinski definition) is 7. The molecule has 0 N–H and O–H groups in total. The van der Waals surface area contributed by atoms with Crippen molar-refractivity contribution < 1.29 is 0 Å². The molecule has 1 unspecified atom stereocenters. The Hall–Kier alpha value is -1.05. The Morgan fingerprint density at radius 1 is 1.30 bits per heavy atom. The molecule has 5 nitrogen and oxygen atoms in total. The van der Waals surface area contributed by atoms with Crippen LogP contribution in [0.1, 0.15) is 30.7 Å². The lowest BCUT2D eigenvalue weighted by Crippen LogP contribution is -2.47. The van der Waals surface area contributed by atoms with Crippen molar-refractivity contribution in [3.63, 3.8) is 0 Å². The Morgan fingerprint density at radius 3 is 2.70 bits per heavy atom. The Bertz CT molecular complexity index is 531. The van der Waals surface area contributed by atoms with Gasteiger partial charge in [0.05, 0.1) is 6.04 Å². The van der Waals surface area contributed by atoms with Gasteiger partial charge in [0.15, 0.2) is 0 Å². The highest BCUT2D eigenvalue weighted by Crippen LogP contribution is 2.25. The minimum Gasteiger partial charge on any atom is -0.344 e. The van der Waals surface area contributed by atoms with E-state index in [2.05, 4.69) is 43.4 Å². The van der Waals surface area contributed by atoms with Gasteiger partial charge in [-0.2, -0.15) is 4.37 Å². The highest BCUT2D eigenvalue weighted by atomic mass is 32.1. The highest BCUT2D eigenvalue weighted by molar-refractivity contribution is 7.09. The Kier molecular flexibility index (Phi) is 4.28. The summed E-state index contributed by atoms with van der Waals surface area (Å²) in [6, 6.07) is 0.415. The van der Waals surface area contributed by atoms with E-state index in [0.717, 1.165) is 43.6 Å². The lowest BCUT2D eigenvalue weighted by atomic mass is 10.2. The van der Waals surface area contributed by atoms with E-state index in [9.17, 15) is 0 Å². The molecule has 1 atom stereocenters. The van der Waals surface area contributed by atoms with Gasteiger partial charge in [-0.15, -0.1) is 11.3 Å². The SMILES string of the molecule is CCc1nsc(N2CCN(C(C)c3nccs3)CC2)n1. The topological polar surface area (TPSA) is 45.2 Å². The lowest BCUT2D eigenvalue weighted by molar-refractivity contribution is 0.198. The van der Waals surface area contributed by atoms with Crippen molar-refractivity contribution in [3.05, 3.63) is 22.4 Å². The molecule has 1 aliphatic heterocycles. The van der Waals surface area contributed by atoms with Crippen LogP contribution in [-0.2, 0) is 6.42 Å². The summed E-state index contributed by atoms with van der Waals surface area (Å²) in [6.45, 7) is 8.50. The molecule has 1 fully saturated rings. The van der Waals surface area contributed by atoms with Crippen molar-refractivity contribution in [1.29, 1.82) is 0 Å². The number of anilines is 1. The first-order chi connectivity index (χ1) is 9.78. The van der Waals surface area contributed by atoms with E-state index < -0.39 is 0 Å². The summed E-state index contributed by atoms with van der Waals surface area (Å²) < 4.78 is 4.37. The Morgan fingerprint density at radius 2 is 2.10 bits per heavy atom. The zero-order chi connectivity index (χ0) is 13.9. The lowest BCUT2D eigenvalue weighted by Gasteiger charge is -2.37. The summed E-state index contributed by atoms with van der Waals surface area (Å²) in [5.41, 5.74) is 0. The molecule has 0 spiro atoms. The van der Waals surface area contributed by atoms with E-state index in [1.54, 1.807) is 11.3 Å². The first-order valence-corrected chi connectivity index (χ1v) is 8.64. The highest BCUT2D eigenvalue weighted by Gasteiger charge is 2.24. The number of nitrogens with zero attached hydrogens (tertiary/aromatic N) is 5. The van der Waals surface area contributed by atoms with Gasteiger partial charge in [0.25, 0.3) is 0 Å². The number of thiazole rings is 1. The number of rotatable bonds is 4. The van der Waals surface area contributed by atoms with E-state index in [0.29, 0.717) is 6.04 Å². The smallest absolute Gasteiger partial charge is 0.205 e. The molecule has 0 amide bonds. The predicted molar refractivity (Wildman–Crippen MR) is 83.6 cm³/mol.